The Bertz CT molecular complexity index is 371. The van der Waals surface area contributed by atoms with E-state index in [1.165, 1.54) is 50.5 Å². The highest BCUT2D eigenvalue weighted by molar-refractivity contribution is 5.28. The molecule has 0 saturated heterocycles. The SMILES string of the molecule is CCCC(CCC)C(NC)c1ccc(C2CCC2)cc1. The van der Waals surface area contributed by atoms with E-state index >= 15 is 0 Å². The largest absolute Gasteiger partial charge is 0.313 e. The van der Waals surface area contributed by atoms with Gasteiger partial charge in [-0.3, -0.25) is 0 Å². The maximum atomic E-state index is 3.56. The molecular weight excluding hydrogens is 242 g/mol. The monoisotopic (exact) mass is 273 g/mol. The lowest BCUT2D eigenvalue weighted by Crippen LogP contribution is -2.25. The van der Waals surface area contributed by atoms with Crippen LogP contribution in [0.1, 0.15) is 81.9 Å². The van der Waals surface area contributed by atoms with Crippen LogP contribution in [0.25, 0.3) is 0 Å². The molecular formula is C19H31N. The zero-order valence-corrected chi connectivity index (χ0v) is 13.5. The van der Waals surface area contributed by atoms with E-state index in [2.05, 4.69) is 50.5 Å². The van der Waals surface area contributed by atoms with Gasteiger partial charge in [0.1, 0.15) is 0 Å². The molecule has 1 unspecified atom stereocenters. The summed E-state index contributed by atoms with van der Waals surface area (Å²) >= 11 is 0. The molecule has 1 nitrogen and oxygen atoms in total. The third-order valence-electron chi connectivity index (χ3n) is 4.97. The second-order valence-corrected chi connectivity index (χ2v) is 6.40. The third kappa shape index (κ3) is 3.63. The summed E-state index contributed by atoms with van der Waals surface area (Å²) in [6.07, 6.45) is 9.41. The molecule has 1 aromatic carbocycles. The lowest BCUT2D eigenvalue weighted by atomic mass is 9.79. The summed E-state index contributed by atoms with van der Waals surface area (Å²) < 4.78 is 0. The van der Waals surface area contributed by atoms with Gasteiger partial charge in [-0.1, -0.05) is 57.4 Å². The first-order valence-corrected chi connectivity index (χ1v) is 8.57. The van der Waals surface area contributed by atoms with Gasteiger partial charge < -0.3 is 5.32 Å². The summed E-state index contributed by atoms with van der Waals surface area (Å²) in [7, 11) is 2.11. The highest BCUT2D eigenvalue weighted by Gasteiger charge is 2.22. The fourth-order valence-corrected chi connectivity index (χ4v) is 3.61. The van der Waals surface area contributed by atoms with Crippen molar-refractivity contribution in [1.29, 1.82) is 0 Å². The molecule has 1 aliphatic rings. The van der Waals surface area contributed by atoms with Crippen molar-refractivity contribution in [3.05, 3.63) is 35.4 Å². The third-order valence-corrected chi connectivity index (χ3v) is 4.97. The van der Waals surface area contributed by atoms with Crippen molar-refractivity contribution in [3.8, 4) is 0 Å². The molecule has 0 amide bonds. The second kappa shape index (κ2) is 7.83. The normalized spacial score (nSPS) is 17.2. The zero-order valence-electron chi connectivity index (χ0n) is 13.5. The molecule has 0 heterocycles. The lowest BCUT2D eigenvalue weighted by molar-refractivity contribution is 0.331. The fraction of sp³-hybridized carbons (Fsp3) is 0.684. The van der Waals surface area contributed by atoms with E-state index in [0.29, 0.717) is 6.04 Å². The van der Waals surface area contributed by atoms with Crippen molar-refractivity contribution < 1.29 is 0 Å². The first kappa shape index (κ1) is 15.6. The summed E-state index contributed by atoms with van der Waals surface area (Å²) in [6, 6.07) is 10.0. The average Bonchev–Trinajstić information content (AvgIpc) is 2.40. The van der Waals surface area contributed by atoms with Gasteiger partial charge >= 0.3 is 0 Å². The summed E-state index contributed by atoms with van der Waals surface area (Å²) in [6.45, 7) is 4.60. The Hall–Kier alpha value is -0.820. The van der Waals surface area contributed by atoms with Crippen LogP contribution in [-0.2, 0) is 0 Å². The van der Waals surface area contributed by atoms with Crippen molar-refractivity contribution in [2.75, 3.05) is 7.05 Å². The molecule has 0 aromatic heterocycles. The maximum absolute atomic E-state index is 3.56. The highest BCUT2D eigenvalue weighted by Crippen LogP contribution is 2.37. The first-order valence-electron chi connectivity index (χ1n) is 8.57. The Balaban J connectivity index is 2.08. The smallest absolute Gasteiger partial charge is 0.0346 e. The van der Waals surface area contributed by atoms with Crippen molar-refractivity contribution in [1.82, 2.24) is 5.32 Å². The van der Waals surface area contributed by atoms with Crippen LogP contribution < -0.4 is 5.32 Å². The number of benzene rings is 1. The minimum Gasteiger partial charge on any atom is -0.313 e. The summed E-state index contributed by atoms with van der Waals surface area (Å²) in [5.41, 5.74) is 3.03. The Kier molecular flexibility index (Phi) is 6.09. The number of hydrogen-bond acceptors (Lipinski definition) is 1. The molecule has 1 aliphatic carbocycles. The van der Waals surface area contributed by atoms with Crippen molar-refractivity contribution in [2.24, 2.45) is 5.92 Å². The minimum absolute atomic E-state index is 0.519. The molecule has 1 atom stereocenters. The molecule has 1 aromatic rings. The lowest BCUT2D eigenvalue weighted by Gasteiger charge is -2.29. The first-order chi connectivity index (χ1) is 9.80. The molecule has 1 saturated carbocycles. The Morgan fingerprint density at radius 1 is 1.05 bits per heavy atom. The molecule has 112 valence electrons. The molecule has 20 heavy (non-hydrogen) atoms. The van der Waals surface area contributed by atoms with E-state index in [4.69, 9.17) is 0 Å². The van der Waals surface area contributed by atoms with Crippen LogP contribution in [0.15, 0.2) is 24.3 Å². The van der Waals surface area contributed by atoms with Gasteiger partial charge in [0.15, 0.2) is 0 Å². The standard InChI is InChI=1S/C19H31N/c1-4-7-17(8-5-2)19(20-3)18-13-11-16(12-14-18)15-9-6-10-15/h11-15,17,19-20H,4-10H2,1-3H3. The van der Waals surface area contributed by atoms with Crippen molar-refractivity contribution >= 4 is 0 Å². The molecule has 0 spiro atoms. The summed E-state index contributed by atoms with van der Waals surface area (Å²) in [5, 5.41) is 3.56. The quantitative estimate of drug-likeness (QED) is 0.666. The molecule has 0 aliphatic heterocycles. The molecule has 1 N–H and O–H groups in total. The zero-order chi connectivity index (χ0) is 14.4. The molecule has 2 rings (SSSR count). The van der Waals surface area contributed by atoms with Crippen LogP contribution in [0, 0.1) is 5.92 Å². The van der Waals surface area contributed by atoms with E-state index < -0.39 is 0 Å². The summed E-state index contributed by atoms with van der Waals surface area (Å²) in [4.78, 5) is 0. The Morgan fingerprint density at radius 2 is 1.65 bits per heavy atom. The van der Waals surface area contributed by atoms with Crippen molar-refractivity contribution in [2.45, 2.75) is 70.8 Å². The van der Waals surface area contributed by atoms with Crippen LogP contribution >= 0.6 is 0 Å². The molecule has 1 fully saturated rings. The van der Waals surface area contributed by atoms with E-state index in [9.17, 15) is 0 Å². The Labute approximate surface area is 125 Å². The van der Waals surface area contributed by atoms with Gasteiger partial charge in [-0.2, -0.15) is 0 Å². The van der Waals surface area contributed by atoms with Crippen LogP contribution in [0.4, 0.5) is 0 Å². The minimum atomic E-state index is 0.519. The predicted octanol–water partition coefficient (Wildman–Crippen LogP) is 5.43. The van der Waals surface area contributed by atoms with Crippen LogP contribution in [0.3, 0.4) is 0 Å². The van der Waals surface area contributed by atoms with Crippen LogP contribution in [0.5, 0.6) is 0 Å². The predicted molar refractivity (Wildman–Crippen MR) is 88.1 cm³/mol. The van der Waals surface area contributed by atoms with Gasteiger partial charge in [-0.05, 0) is 55.7 Å². The maximum Gasteiger partial charge on any atom is 0.0346 e. The van der Waals surface area contributed by atoms with Gasteiger partial charge in [0, 0.05) is 6.04 Å². The molecule has 0 bridgehead atoms. The van der Waals surface area contributed by atoms with Crippen LogP contribution in [0.2, 0.25) is 0 Å². The topological polar surface area (TPSA) is 12.0 Å². The van der Waals surface area contributed by atoms with Crippen LogP contribution in [-0.4, -0.2) is 7.05 Å². The van der Waals surface area contributed by atoms with Gasteiger partial charge in [0.2, 0.25) is 0 Å². The van der Waals surface area contributed by atoms with E-state index in [0.717, 1.165) is 11.8 Å². The second-order valence-electron chi connectivity index (χ2n) is 6.40. The number of hydrogen-bond donors (Lipinski definition) is 1. The van der Waals surface area contributed by atoms with E-state index in [1.807, 2.05) is 0 Å². The fourth-order valence-electron chi connectivity index (χ4n) is 3.61. The van der Waals surface area contributed by atoms with Gasteiger partial charge in [0.25, 0.3) is 0 Å². The van der Waals surface area contributed by atoms with E-state index in [1.54, 1.807) is 5.56 Å². The van der Waals surface area contributed by atoms with Crippen molar-refractivity contribution in [3.63, 3.8) is 0 Å². The van der Waals surface area contributed by atoms with Gasteiger partial charge in [-0.25, -0.2) is 0 Å². The average molecular weight is 273 g/mol. The highest BCUT2D eigenvalue weighted by atomic mass is 14.9. The molecule has 1 heteroatoms. The Morgan fingerprint density at radius 3 is 2.05 bits per heavy atom. The summed E-state index contributed by atoms with van der Waals surface area (Å²) in [5.74, 6) is 1.61. The number of nitrogens with one attached hydrogen (secondary N) is 1. The van der Waals surface area contributed by atoms with Gasteiger partial charge in [0.05, 0.1) is 0 Å². The number of rotatable bonds is 8. The van der Waals surface area contributed by atoms with E-state index in [-0.39, 0.29) is 0 Å². The van der Waals surface area contributed by atoms with Gasteiger partial charge in [-0.15, -0.1) is 0 Å². The molecule has 0 radical (unpaired) electrons.